The molecule has 6 heteroatoms. The van der Waals surface area contributed by atoms with Crippen molar-refractivity contribution >= 4 is 34.1 Å². The summed E-state index contributed by atoms with van der Waals surface area (Å²) in [5, 5.41) is 0. The summed E-state index contributed by atoms with van der Waals surface area (Å²) in [6, 6.07) is 0. The van der Waals surface area contributed by atoms with Gasteiger partial charge in [-0.1, -0.05) is 0 Å². The Labute approximate surface area is 111 Å². The fourth-order valence-corrected chi connectivity index (χ4v) is 4.45. The molecule has 0 spiro atoms. The lowest BCUT2D eigenvalue weighted by Crippen LogP contribution is -2.48. The molecule has 0 aromatic rings. The predicted molar refractivity (Wildman–Crippen MR) is 76.4 cm³/mol. The van der Waals surface area contributed by atoms with Gasteiger partial charge in [-0.05, 0) is 39.4 Å². The largest absolute Gasteiger partial charge is 0.498 e. The Balaban J connectivity index is 4.35. The van der Waals surface area contributed by atoms with Gasteiger partial charge in [-0.15, -0.1) is 12.6 Å². The molecule has 0 N–H and O–H groups in total. The average molecular weight is 285 g/mol. The van der Waals surface area contributed by atoms with Crippen LogP contribution in [0, 0.1) is 0 Å². The highest BCUT2D eigenvalue weighted by atomic mass is 32.1. The van der Waals surface area contributed by atoms with Gasteiger partial charge < -0.3 is 13.3 Å². The van der Waals surface area contributed by atoms with Crippen molar-refractivity contribution in [2.75, 3.05) is 19.0 Å². The quantitative estimate of drug-likeness (QED) is 0.387. The van der Waals surface area contributed by atoms with E-state index in [0.717, 1.165) is 18.6 Å². The smallest absolute Gasteiger partial charge is 0.374 e. The minimum Gasteiger partial charge on any atom is -0.374 e. The highest BCUT2D eigenvalue weighted by Gasteiger charge is 2.40. The fourth-order valence-electron chi connectivity index (χ4n) is 1.48. The molecule has 16 heavy (non-hydrogen) atoms. The van der Waals surface area contributed by atoms with Crippen LogP contribution in [0.5, 0.6) is 0 Å². The molecule has 0 aliphatic rings. The fraction of sp³-hybridized carbons (Fsp3) is 1.00. The third-order valence-corrected chi connectivity index (χ3v) is 5.27. The van der Waals surface area contributed by atoms with Crippen LogP contribution in [0.3, 0.4) is 0 Å². The number of rotatable bonds is 9. The number of hydrogen-bond acceptors (Lipinski definition) is 5. The van der Waals surface area contributed by atoms with Crippen LogP contribution in [0.15, 0.2) is 0 Å². The van der Waals surface area contributed by atoms with Gasteiger partial charge in [0.2, 0.25) is 0 Å². The zero-order chi connectivity index (χ0) is 12.7. The molecule has 0 bridgehead atoms. The molecule has 98 valence electrons. The topological polar surface area (TPSA) is 27.7 Å². The van der Waals surface area contributed by atoms with E-state index < -0.39 is 13.7 Å². The van der Waals surface area contributed by atoms with Gasteiger partial charge in [0, 0.05) is 19.8 Å². The summed E-state index contributed by atoms with van der Waals surface area (Å²) in [6.07, 6.45) is 1.80. The van der Waals surface area contributed by atoms with Crippen molar-refractivity contribution in [3.05, 3.63) is 0 Å². The molecule has 3 nitrogen and oxygen atoms in total. The second-order valence-electron chi connectivity index (χ2n) is 3.83. The van der Waals surface area contributed by atoms with Crippen molar-refractivity contribution < 1.29 is 13.3 Å². The molecule has 0 fully saturated rings. The first-order chi connectivity index (χ1) is 7.39. The van der Waals surface area contributed by atoms with E-state index in [1.807, 2.05) is 27.3 Å². The first kappa shape index (κ1) is 16.8. The summed E-state index contributed by atoms with van der Waals surface area (Å²) >= 11 is 8.70. The third-order valence-electron chi connectivity index (χ3n) is 2.02. The Kier molecular flexibility index (Phi) is 8.40. The maximum Gasteiger partial charge on any atom is 0.498 e. The van der Waals surface area contributed by atoms with Gasteiger partial charge in [0.15, 0.2) is 0 Å². The number of thiol groups is 2. The molecule has 0 radical (unpaired) electrons. The summed E-state index contributed by atoms with van der Waals surface area (Å²) in [5.41, 5.74) is 0. The van der Waals surface area contributed by atoms with Gasteiger partial charge >= 0.3 is 8.80 Å². The van der Waals surface area contributed by atoms with E-state index in [9.17, 15) is 0 Å². The van der Waals surface area contributed by atoms with Crippen LogP contribution in [0.2, 0.25) is 6.55 Å². The predicted octanol–water partition coefficient (Wildman–Crippen LogP) is 3.00. The van der Waals surface area contributed by atoms with E-state index in [-0.39, 0.29) is 0 Å². The minimum atomic E-state index is -2.54. The maximum absolute atomic E-state index is 5.93. The van der Waals surface area contributed by atoms with Crippen LogP contribution < -0.4 is 0 Å². The van der Waals surface area contributed by atoms with Gasteiger partial charge in [0.25, 0.3) is 0 Å². The van der Waals surface area contributed by atoms with Crippen LogP contribution in [0.1, 0.15) is 33.6 Å². The lowest BCUT2D eigenvalue weighted by molar-refractivity contribution is 0.0275. The van der Waals surface area contributed by atoms with E-state index in [1.165, 1.54) is 0 Å². The van der Waals surface area contributed by atoms with Gasteiger partial charge in [-0.3, -0.25) is 0 Å². The van der Waals surface area contributed by atoms with Crippen molar-refractivity contribution in [1.29, 1.82) is 0 Å². The molecule has 0 saturated carbocycles. The maximum atomic E-state index is 5.93. The summed E-state index contributed by atoms with van der Waals surface area (Å²) in [4.78, 5) is -0.506. The van der Waals surface area contributed by atoms with Crippen LogP contribution in [-0.4, -0.2) is 32.7 Å². The molecular formula is C10H24O3S2Si. The van der Waals surface area contributed by atoms with Crippen molar-refractivity contribution in [2.45, 2.75) is 45.1 Å². The summed E-state index contributed by atoms with van der Waals surface area (Å²) in [7, 11) is -2.54. The van der Waals surface area contributed by atoms with E-state index in [0.29, 0.717) is 13.2 Å². The normalized spacial score (nSPS) is 16.1. The van der Waals surface area contributed by atoms with Crippen molar-refractivity contribution in [2.24, 2.45) is 0 Å². The second kappa shape index (κ2) is 8.00. The Morgan fingerprint density at radius 1 is 1.19 bits per heavy atom. The van der Waals surface area contributed by atoms with E-state index in [2.05, 4.69) is 25.3 Å². The SMILES string of the molecule is CCO[Si](C)(OCC)OC(C)(S)CCCS. The molecule has 1 atom stereocenters. The van der Waals surface area contributed by atoms with E-state index in [4.69, 9.17) is 13.3 Å². The highest BCUT2D eigenvalue weighted by Crippen LogP contribution is 2.28. The molecule has 0 rings (SSSR count). The zero-order valence-electron chi connectivity index (χ0n) is 10.7. The molecule has 0 aromatic heterocycles. The van der Waals surface area contributed by atoms with Crippen molar-refractivity contribution in [3.8, 4) is 0 Å². The summed E-state index contributed by atoms with van der Waals surface area (Å²) < 4.78 is 17.2. The Hall–Kier alpha value is 0.797. The van der Waals surface area contributed by atoms with Crippen LogP contribution >= 0.6 is 25.3 Å². The summed E-state index contributed by atoms with van der Waals surface area (Å²) in [5.74, 6) is 0.834. The Bertz CT molecular complexity index is 185. The Morgan fingerprint density at radius 2 is 1.69 bits per heavy atom. The second-order valence-corrected chi connectivity index (χ2v) is 7.73. The van der Waals surface area contributed by atoms with Crippen molar-refractivity contribution in [3.63, 3.8) is 0 Å². The third kappa shape index (κ3) is 7.19. The highest BCUT2D eigenvalue weighted by molar-refractivity contribution is 7.81. The van der Waals surface area contributed by atoms with Crippen molar-refractivity contribution in [1.82, 2.24) is 0 Å². The molecule has 0 aliphatic carbocycles. The zero-order valence-corrected chi connectivity index (χ0v) is 13.4. The van der Waals surface area contributed by atoms with Gasteiger partial charge in [-0.25, -0.2) is 0 Å². The van der Waals surface area contributed by atoms with Crippen LogP contribution in [-0.2, 0) is 13.3 Å². The van der Waals surface area contributed by atoms with E-state index in [1.54, 1.807) is 0 Å². The minimum absolute atomic E-state index is 0.506. The number of hydrogen-bond donors (Lipinski definition) is 2. The first-order valence-corrected chi connectivity index (χ1v) is 9.01. The molecule has 0 aromatic carbocycles. The lowest BCUT2D eigenvalue weighted by Gasteiger charge is -2.34. The molecule has 1 unspecified atom stereocenters. The standard InChI is InChI=1S/C10H24O3S2Si/c1-5-11-16(4,12-6-2)13-10(3,15)8-7-9-14/h14-15H,5-9H2,1-4H3. The van der Waals surface area contributed by atoms with Gasteiger partial charge in [0.1, 0.15) is 4.93 Å². The molecular weight excluding hydrogens is 260 g/mol. The van der Waals surface area contributed by atoms with Crippen LogP contribution in [0.25, 0.3) is 0 Å². The molecule has 0 heterocycles. The molecule has 0 aliphatic heterocycles. The van der Waals surface area contributed by atoms with E-state index >= 15 is 0 Å². The molecule has 0 amide bonds. The summed E-state index contributed by atoms with van der Waals surface area (Å²) in [6.45, 7) is 8.94. The molecule has 0 saturated heterocycles. The van der Waals surface area contributed by atoms with Gasteiger partial charge in [0.05, 0.1) is 0 Å². The Morgan fingerprint density at radius 3 is 2.06 bits per heavy atom. The average Bonchev–Trinajstić information content (AvgIpc) is 2.14. The van der Waals surface area contributed by atoms with Gasteiger partial charge in [-0.2, -0.15) is 12.6 Å². The lowest BCUT2D eigenvalue weighted by atomic mass is 10.2. The first-order valence-electron chi connectivity index (χ1n) is 5.70. The monoisotopic (exact) mass is 284 g/mol. The van der Waals surface area contributed by atoms with Crippen LogP contribution in [0.4, 0.5) is 0 Å².